The first-order chi connectivity index (χ1) is 70.8. The third-order valence-electron chi connectivity index (χ3n) is 24.7. The molecule has 4 N–H and O–H groups in total. The molecule has 0 fully saturated rings. The molecule has 0 saturated carbocycles. The minimum Gasteiger partial charge on any atom is -0.469 e. The Balaban J connectivity index is 9.43. The normalized spacial score (nSPS) is 12.9. The topological polar surface area (TPSA) is 565 Å². The summed E-state index contributed by atoms with van der Waals surface area (Å²) in [6.45, 7) is 3.34. The summed E-state index contributed by atoms with van der Waals surface area (Å²) in [6.07, 6.45) is -5.19. The molecule has 0 saturated heterocycles. The highest BCUT2D eigenvalue weighted by atomic mass is 16.6. The number of aliphatic hydroxyl groups is 4. The maximum absolute atomic E-state index is 12.6. The molecule has 0 aliphatic carbocycles. The van der Waals surface area contributed by atoms with E-state index < -0.39 is 178 Å². The van der Waals surface area contributed by atoms with E-state index in [1.54, 1.807) is 0 Å². The zero-order chi connectivity index (χ0) is 111. The third kappa shape index (κ3) is 74.0. The van der Waals surface area contributed by atoms with Gasteiger partial charge in [0.15, 0.2) is 0 Å². The molecule has 4 atom stereocenters. The van der Waals surface area contributed by atoms with E-state index in [2.05, 4.69) is 0 Å². The number of ketones is 1. The van der Waals surface area contributed by atoms with Crippen molar-refractivity contribution < 1.29 is 187 Å². The molecule has 0 rings (SSSR count). The number of hydrogen-bond donors (Lipinski definition) is 4. The van der Waals surface area contributed by atoms with Gasteiger partial charge in [-0.25, -0.2) is 0 Å². The van der Waals surface area contributed by atoms with Gasteiger partial charge in [0, 0.05) is 209 Å². The Hall–Kier alpha value is -9.04. The van der Waals surface area contributed by atoms with Crippen molar-refractivity contribution in [1.29, 1.82) is 0 Å². The molecule has 0 amide bonds. The molecule has 50 nitrogen and oxygen atoms in total. The molecule has 0 radical (unpaired) electrons. The monoisotopic (exact) mass is 2130 g/mol. The second kappa shape index (κ2) is 87.5. The molecular weight excluding hydrogens is 1960 g/mol. The van der Waals surface area contributed by atoms with Crippen molar-refractivity contribution in [2.45, 2.75) is 153 Å². The van der Waals surface area contributed by atoms with E-state index >= 15 is 0 Å². The second-order valence-corrected chi connectivity index (χ2v) is 35.8. The molecule has 0 bridgehead atoms. The minimum absolute atomic E-state index is 0.0174. The number of Topliss-reactive ketones (excluding diaryl/α,β-unsaturated/α-hetero) is 1. The van der Waals surface area contributed by atoms with Crippen molar-refractivity contribution in [1.82, 2.24) is 53.9 Å². The molecular formula is C98H177N11O39. The van der Waals surface area contributed by atoms with Crippen molar-refractivity contribution in [3.8, 4) is 0 Å². The SMILES string of the molecule is COC(=O)CCN(CCC(=O)OC)CCC(CCN(CCC(=O)OC)CCC(=O)OC)CC(O)COCC(COCC(O)CN(CCN(CCC(C)=O)CCC(=O)OC)CCN(CCC(=O)OC)CCC(=O)OC)(COCC(O)CN(CCN(CCC(=O)OC)CCC(=O)OC)CCN(CCC(=O)OC)CCC(=O)OC)COCC(O)CN(CCN(CCC(=O)OC)CCC(=O)OC)CCN(CCC(=O)OC)CCC(=O)OC. The zero-order valence-electron chi connectivity index (χ0n) is 90.8. The Bertz CT molecular complexity index is 3140. The number of ether oxygens (including phenoxy) is 19. The fourth-order valence-corrected chi connectivity index (χ4v) is 15.4. The van der Waals surface area contributed by atoms with Crippen LogP contribution in [0.4, 0.5) is 0 Å². The van der Waals surface area contributed by atoms with Gasteiger partial charge in [-0.2, -0.15) is 0 Å². The van der Waals surface area contributed by atoms with Gasteiger partial charge in [0.05, 0.1) is 286 Å². The lowest BCUT2D eigenvalue weighted by atomic mass is 9.91. The van der Waals surface area contributed by atoms with Gasteiger partial charge in [-0.1, -0.05) is 0 Å². The Kier molecular flexibility index (Phi) is 82.2. The number of rotatable bonds is 96. The van der Waals surface area contributed by atoms with Crippen molar-refractivity contribution in [3.63, 3.8) is 0 Å². The largest absolute Gasteiger partial charge is 0.469 e. The fourth-order valence-electron chi connectivity index (χ4n) is 15.4. The maximum Gasteiger partial charge on any atom is 0.306 e. The van der Waals surface area contributed by atoms with E-state index in [1.807, 2.05) is 53.9 Å². The van der Waals surface area contributed by atoms with Gasteiger partial charge >= 0.3 is 89.5 Å². The Labute approximate surface area is 872 Å². The summed E-state index contributed by atoms with van der Waals surface area (Å²) >= 11 is 0. The molecule has 0 aromatic rings. The fraction of sp³-hybridized carbons (Fsp3) is 0.837. The van der Waals surface area contributed by atoms with Gasteiger partial charge in [-0.3, -0.25) is 91.4 Å². The van der Waals surface area contributed by atoms with Gasteiger partial charge in [-0.05, 0) is 45.2 Å². The summed E-state index contributed by atoms with van der Waals surface area (Å²) in [6, 6.07) is 0. The zero-order valence-corrected chi connectivity index (χ0v) is 90.8. The molecule has 0 heterocycles. The average Bonchev–Trinajstić information content (AvgIpc) is 0.854. The first kappa shape index (κ1) is 139. The van der Waals surface area contributed by atoms with Crippen LogP contribution in [0.3, 0.4) is 0 Å². The van der Waals surface area contributed by atoms with Gasteiger partial charge in [0.25, 0.3) is 0 Å². The van der Waals surface area contributed by atoms with Gasteiger partial charge in [0.1, 0.15) is 5.78 Å². The van der Waals surface area contributed by atoms with Crippen molar-refractivity contribution in [2.75, 3.05) is 375 Å². The summed E-state index contributed by atoms with van der Waals surface area (Å²) in [4.78, 5) is 223. The van der Waals surface area contributed by atoms with Crippen molar-refractivity contribution >= 4 is 95.3 Å². The predicted molar refractivity (Wildman–Crippen MR) is 533 cm³/mol. The second-order valence-electron chi connectivity index (χ2n) is 35.8. The first-order valence-corrected chi connectivity index (χ1v) is 50.3. The van der Waals surface area contributed by atoms with Crippen LogP contribution < -0.4 is 0 Å². The molecule has 858 valence electrons. The van der Waals surface area contributed by atoms with Gasteiger partial charge in [0.2, 0.25) is 0 Å². The van der Waals surface area contributed by atoms with Gasteiger partial charge in [-0.15, -0.1) is 0 Å². The standard InChI is InChI=1S/C98H177N11O39/c1-77(110)17-35-101(42-24-87(119)134-6)53-59-107(60-54-102(43-25-88(120)135-7)44-26-89(121)136-8)66-80(112)70-146-74-98(73-145-69-79(111)65-78(18-36-99(38-20-83(115)130-2)39-21-84(116)131-3)19-37-100(40-22-85(117)132-4)41-23-86(118)133-5,75-147-71-81(113)67-108(61-55-103(45-27-90(122)137-9)46-28-91(123)138-10)62-56-104(47-29-92(124)139-11)48-30-93(125)140-12)76-148-72-82(114)68-109(63-57-105(49-31-94(126)141-13)50-32-95(127)142-14)64-58-106(51-33-96(128)143-15)52-34-97(129)144-16/h78-82,111-114H,17-76H2,1-16H3. The average molecular weight is 2130 g/mol. The molecule has 4 unspecified atom stereocenters. The number of aliphatic hydroxyl groups excluding tert-OH is 4. The Morgan fingerprint density at radius 1 is 0.189 bits per heavy atom. The number of hydrogen-bond acceptors (Lipinski definition) is 50. The maximum atomic E-state index is 12.6. The molecule has 148 heavy (non-hydrogen) atoms. The summed E-state index contributed by atoms with van der Waals surface area (Å²) < 4.78 is 101. The molecule has 0 spiro atoms. The van der Waals surface area contributed by atoms with E-state index in [4.69, 9.17) is 90.0 Å². The van der Waals surface area contributed by atoms with Crippen molar-refractivity contribution in [3.05, 3.63) is 0 Å². The van der Waals surface area contributed by atoms with Crippen LogP contribution in [0.2, 0.25) is 0 Å². The lowest BCUT2D eigenvalue weighted by Gasteiger charge is -2.35. The predicted octanol–water partition coefficient (Wildman–Crippen LogP) is -1.98. The Morgan fingerprint density at radius 2 is 0.324 bits per heavy atom. The number of carbonyl (C=O) groups excluding carboxylic acids is 16. The van der Waals surface area contributed by atoms with Crippen LogP contribution in [0.5, 0.6) is 0 Å². The quantitative estimate of drug-likeness (QED) is 0.0378. The summed E-state index contributed by atoms with van der Waals surface area (Å²) in [7, 11) is 18.7. The Morgan fingerprint density at radius 3 is 0.473 bits per heavy atom. The number of methoxy groups -OCH3 is 15. The van der Waals surface area contributed by atoms with E-state index in [1.165, 1.54) is 114 Å². The van der Waals surface area contributed by atoms with Crippen LogP contribution in [0.25, 0.3) is 0 Å². The highest BCUT2D eigenvalue weighted by Gasteiger charge is 2.36. The summed E-state index contributed by atoms with van der Waals surface area (Å²) in [5.74, 6) is -8.18. The van der Waals surface area contributed by atoms with E-state index in [9.17, 15) is 97.1 Å². The van der Waals surface area contributed by atoms with E-state index in [0.717, 1.165) is 0 Å². The van der Waals surface area contributed by atoms with Crippen LogP contribution in [-0.2, 0) is 167 Å². The van der Waals surface area contributed by atoms with Crippen LogP contribution in [0.1, 0.15) is 129 Å². The third-order valence-corrected chi connectivity index (χ3v) is 24.7. The van der Waals surface area contributed by atoms with Crippen LogP contribution in [0, 0.1) is 11.3 Å². The van der Waals surface area contributed by atoms with Gasteiger partial charge < -0.3 is 150 Å². The molecule has 0 aliphatic rings. The number of carbonyl (C=O) groups is 16. The highest BCUT2D eigenvalue weighted by molar-refractivity contribution is 5.76. The first-order valence-electron chi connectivity index (χ1n) is 50.3. The van der Waals surface area contributed by atoms with Crippen LogP contribution >= 0.6 is 0 Å². The van der Waals surface area contributed by atoms with Crippen molar-refractivity contribution in [2.24, 2.45) is 11.3 Å². The smallest absolute Gasteiger partial charge is 0.306 e. The van der Waals surface area contributed by atoms with E-state index in [0.29, 0.717) is 12.8 Å². The molecule has 50 heteroatoms. The summed E-state index contributed by atoms with van der Waals surface area (Å²) in [5, 5.41) is 50.1. The van der Waals surface area contributed by atoms with E-state index in [-0.39, 0.29) is 331 Å². The number of nitrogens with zero attached hydrogens (tertiary/aromatic N) is 11. The minimum atomic E-state index is -1.59. The number of esters is 15. The van der Waals surface area contributed by atoms with Crippen LogP contribution in [-0.4, -0.2) is 570 Å². The van der Waals surface area contributed by atoms with Crippen LogP contribution in [0.15, 0.2) is 0 Å². The molecule has 0 aromatic carbocycles. The summed E-state index contributed by atoms with van der Waals surface area (Å²) in [5.41, 5.74) is -1.59. The highest BCUT2D eigenvalue weighted by Crippen LogP contribution is 2.25. The molecule has 0 aromatic heterocycles. The lowest BCUT2D eigenvalue weighted by molar-refractivity contribution is -0.143. The lowest BCUT2D eigenvalue weighted by Crippen LogP contribution is -2.47. The molecule has 0 aliphatic heterocycles.